The van der Waals surface area contributed by atoms with Crippen molar-refractivity contribution in [3.8, 4) is 0 Å². The van der Waals surface area contributed by atoms with Crippen LogP contribution in [0.2, 0.25) is 0 Å². The Morgan fingerprint density at radius 2 is 0.635 bits per heavy atom. The number of unbranched alkanes of at least 4 members (excludes halogenated alkanes) is 15. The molecule has 25 heteroatoms. The van der Waals surface area contributed by atoms with Crippen molar-refractivity contribution >= 4 is 50.5 Å². The Labute approximate surface area is 473 Å². The molecule has 0 aliphatic heterocycles. The molecular weight excluding hydrogens is 1170 g/mol. The Balaban J connectivity index is 0.000000274. The lowest BCUT2D eigenvalue weighted by molar-refractivity contribution is -0.681. The van der Waals surface area contributed by atoms with Crippen molar-refractivity contribution in [2.24, 2.45) is 0 Å². The minimum atomic E-state index is -7.22. The lowest BCUT2D eigenvalue weighted by Gasteiger charge is -2.44. The molecule has 0 saturated heterocycles. The van der Waals surface area contributed by atoms with E-state index in [1.54, 1.807) is 24.3 Å². The molecule has 4 nitrogen and oxygen atoms in total. The zero-order valence-electron chi connectivity index (χ0n) is 44.9. The van der Waals surface area contributed by atoms with Gasteiger partial charge in [-0.3, -0.25) is 4.79 Å². The molecule has 456 valence electrons. The number of nitrogens with zero attached hydrogens (tertiary/aromatic N) is 1. The second kappa shape index (κ2) is 29.6. The zero-order chi connectivity index (χ0) is 62.6. The Morgan fingerprint density at radius 3 is 0.965 bits per heavy atom. The summed E-state index contributed by atoms with van der Waals surface area (Å²) in [6, 6.07) is 16.9. The lowest BCUT2D eigenvalue weighted by Crippen LogP contribution is -2.81. The minimum Gasteiger partial charge on any atom is -0.462 e. The Hall–Kier alpha value is -7.47. The molecule has 0 aliphatic carbocycles. The summed E-state index contributed by atoms with van der Waals surface area (Å²) >= 11 is 0. The van der Waals surface area contributed by atoms with Gasteiger partial charge in [0, 0.05) is 17.0 Å². The van der Waals surface area contributed by atoms with Gasteiger partial charge >= 0.3 is 5.97 Å². The van der Waals surface area contributed by atoms with Gasteiger partial charge in [-0.15, -0.1) is 21.9 Å². The van der Waals surface area contributed by atoms with Crippen molar-refractivity contribution in [1.82, 2.24) is 0 Å². The first kappa shape index (κ1) is 66.7. The average Bonchev–Trinajstić information content (AvgIpc) is 0.711. The Morgan fingerprint density at radius 1 is 0.353 bits per heavy atom. The molecule has 0 spiro atoms. The van der Waals surface area contributed by atoms with Gasteiger partial charge < -0.3 is 4.74 Å². The number of benzene rings is 6. The fourth-order valence-electron chi connectivity index (χ4n) is 10.1. The maximum Gasteiger partial charge on any atom is 0.338 e. The fraction of sp³-hybridized carbons (Fsp3) is 0.317. The largest absolute Gasteiger partial charge is 0.462 e. The predicted octanol–water partition coefficient (Wildman–Crippen LogP) is 15.3. The standard InChI is InChI=1S/C36H50NO3.C24BF20/c1-2-3-4-5-6-7-8-9-10-11-12-13-14-15-16-19-28-40-36(39)33-24-22-32(23-25-33)35(38)30-37-27-26-31-20-17-18-21-34(31)29-37;26-5-1(6(27)14(35)21(42)13(5)34)25(2-7(28)15(36)22(43)16(37)8(2)29,3-9(30)17(38)23(44)18(39)10(3)31)4-11(32)19(40)24(45)20(41)12(4)33/h17-18,20-27,29H,2-16,19,28,30H2,1H3;/q+1;-1. The summed E-state index contributed by atoms with van der Waals surface area (Å²) in [7, 11) is 0. The Kier molecular flexibility index (Phi) is 23.2. The SMILES string of the molecule is CCCCCCCCCCCCCCCCCCOC(=O)c1ccc(C(=O)C[n+]2ccc3ccccc3c2)cc1.Fc1c(F)c(F)c([B-](c2c(F)c(F)c(F)c(F)c2F)(c2c(F)c(F)c(F)c(F)c2F)c2c(F)c(F)c(F)c(F)c2F)c(F)c1F. The molecule has 0 radical (unpaired) electrons. The molecule has 6 aromatic carbocycles. The van der Waals surface area contributed by atoms with Gasteiger partial charge in [-0.2, -0.15) is 4.57 Å². The number of fused-ring (bicyclic) bond motifs is 1. The number of carbonyl (C=O) groups excluding carboxylic acids is 2. The van der Waals surface area contributed by atoms with Gasteiger partial charge in [0.05, 0.1) is 12.2 Å². The lowest BCUT2D eigenvalue weighted by atomic mass is 9.12. The highest BCUT2D eigenvalue weighted by Crippen LogP contribution is 2.31. The molecule has 85 heavy (non-hydrogen) atoms. The van der Waals surface area contributed by atoms with E-state index >= 15 is 35.1 Å². The van der Waals surface area contributed by atoms with E-state index in [0.29, 0.717) is 17.7 Å². The second-order valence-electron chi connectivity index (χ2n) is 20.0. The maximum atomic E-state index is 15.4. The van der Waals surface area contributed by atoms with Crippen LogP contribution in [-0.4, -0.2) is 24.5 Å². The third kappa shape index (κ3) is 14.1. The molecule has 0 amide bonds. The third-order valence-corrected chi connectivity index (χ3v) is 14.5. The number of pyridine rings is 1. The topological polar surface area (TPSA) is 47.3 Å². The molecule has 7 rings (SSSR count). The van der Waals surface area contributed by atoms with Crippen LogP contribution in [0.25, 0.3) is 10.8 Å². The normalized spacial score (nSPS) is 11.6. The quantitative estimate of drug-likeness (QED) is 0.00837. The van der Waals surface area contributed by atoms with Crippen molar-refractivity contribution in [2.45, 2.75) is 116 Å². The van der Waals surface area contributed by atoms with Crippen molar-refractivity contribution in [3.05, 3.63) is 194 Å². The van der Waals surface area contributed by atoms with Crippen LogP contribution in [0, 0.1) is 116 Å². The number of halogens is 20. The van der Waals surface area contributed by atoms with Crippen LogP contribution in [0.15, 0.2) is 67.0 Å². The number of Topliss-reactive ketones (excluding diaryl/α,β-unsaturated/α-hetero) is 1. The second-order valence-corrected chi connectivity index (χ2v) is 20.0. The molecule has 0 unspecified atom stereocenters. The maximum absolute atomic E-state index is 15.4. The predicted molar refractivity (Wildman–Crippen MR) is 274 cm³/mol. The van der Waals surface area contributed by atoms with Crippen LogP contribution in [0.3, 0.4) is 0 Å². The van der Waals surface area contributed by atoms with E-state index in [4.69, 9.17) is 4.74 Å². The molecule has 0 atom stereocenters. The first-order valence-corrected chi connectivity index (χ1v) is 26.8. The summed E-state index contributed by atoms with van der Waals surface area (Å²) in [6.07, 6.45) is 17.9. The van der Waals surface area contributed by atoms with Crippen LogP contribution in [0.5, 0.6) is 0 Å². The summed E-state index contributed by atoms with van der Waals surface area (Å²) in [6.45, 7) is 2.99. The number of ether oxygens (including phenoxy) is 1. The number of hydrogen-bond donors (Lipinski definition) is 0. The highest BCUT2D eigenvalue weighted by Gasteiger charge is 2.52. The van der Waals surface area contributed by atoms with Crippen molar-refractivity contribution in [1.29, 1.82) is 0 Å². The smallest absolute Gasteiger partial charge is 0.338 e. The van der Waals surface area contributed by atoms with Crippen LogP contribution in [0.4, 0.5) is 87.8 Å². The fourth-order valence-corrected chi connectivity index (χ4v) is 10.1. The molecule has 0 bridgehead atoms. The van der Waals surface area contributed by atoms with E-state index in [-0.39, 0.29) is 18.3 Å². The van der Waals surface area contributed by atoms with Gasteiger partial charge in [-0.05, 0) is 30.0 Å². The van der Waals surface area contributed by atoms with E-state index in [9.17, 15) is 62.3 Å². The van der Waals surface area contributed by atoms with Gasteiger partial charge in [0.15, 0.2) is 82.2 Å². The number of carbonyl (C=O) groups is 2. The summed E-state index contributed by atoms with van der Waals surface area (Å²) in [5.74, 6) is -71.7. The number of rotatable bonds is 25. The van der Waals surface area contributed by atoms with E-state index in [0.717, 1.165) is 23.6 Å². The number of hydrogen-bond acceptors (Lipinski definition) is 3. The van der Waals surface area contributed by atoms with Crippen LogP contribution < -0.4 is 26.4 Å². The summed E-state index contributed by atoms with van der Waals surface area (Å²) < 4.78 is 301. The van der Waals surface area contributed by atoms with Crippen molar-refractivity contribution < 1.29 is 107 Å². The van der Waals surface area contributed by atoms with Crippen LogP contribution in [-0.2, 0) is 11.3 Å². The first-order chi connectivity index (χ1) is 40.4. The summed E-state index contributed by atoms with van der Waals surface area (Å²) in [5, 5.41) is 2.24. The molecule has 0 saturated carbocycles. The van der Waals surface area contributed by atoms with Crippen LogP contribution in [0.1, 0.15) is 130 Å². The van der Waals surface area contributed by atoms with Gasteiger partial charge in [0.25, 0.3) is 0 Å². The highest BCUT2D eigenvalue weighted by molar-refractivity contribution is 7.20. The van der Waals surface area contributed by atoms with E-state index < -0.39 is 144 Å². The van der Waals surface area contributed by atoms with E-state index in [2.05, 4.69) is 13.0 Å². The third-order valence-electron chi connectivity index (χ3n) is 14.5. The van der Waals surface area contributed by atoms with Gasteiger partial charge in [-0.1, -0.05) is 134 Å². The molecule has 1 aromatic heterocycles. The average molecular weight is 1220 g/mol. The van der Waals surface area contributed by atoms with E-state index in [1.165, 1.54) is 89.9 Å². The zero-order valence-corrected chi connectivity index (χ0v) is 44.9. The minimum absolute atomic E-state index is 0.00775. The van der Waals surface area contributed by atoms with Gasteiger partial charge in [-0.25, -0.2) is 92.6 Å². The van der Waals surface area contributed by atoms with Crippen molar-refractivity contribution in [3.63, 3.8) is 0 Å². The number of aromatic nitrogens is 1. The Bertz CT molecular complexity index is 3180. The number of ketones is 1. The van der Waals surface area contributed by atoms with Crippen LogP contribution >= 0.6 is 0 Å². The molecule has 0 aliphatic rings. The molecular formula is C60H50BF20NO3. The van der Waals surface area contributed by atoms with Crippen molar-refractivity contribution in [2.75, 3.05) is 6.61 Å². The monoisotopic (exact) mass is 1220 g/mol. The molecule has 0 N–H and O–H groups in total. The molecule has 1 heterocycles. The summed E-state index contributed by atoms with van der Waals surface area (Å²) in [5.41, 5.74) is -13.2. The highest BCUT2D eigenvalue weighted by atomic mass is 19.2. The molecule has 7 aromatic rings. The van der Waals surface area contributed by atoms with Gasteiger partial charge in [0.2, 0.25) is 12.3 Å². The summed E-state index contributed by atoms with van der Waals surface area (Å²) in [4.78, 5) is 25.1. The van der Waals surface area contributed by atoms with Gasteiger partial charge in [0.1, 0.15) is 52.7 Å². The van der Waals surface area contributed by atoms with E-state index in [1.807, 2.05) is 41.2 Å². The number of esters is 1. The molecule has 0 fully saturated rings. The first-order valence-electron chi connectivity index (χ1n) is 26.8.